The molecule has 1 saturated carbocycles. The van der Waals surface area contributed by atoms with Gasteiger partial charge in [-0.1, -0.05) is 24.9 Å². The predicted molar refractivity (Wildman–Crippen MR) is 73.9 cm³/mol. The Labute approximate surface area is 121 Å². The lowest BCUT2D eigenvalue weighted by Crippen LogP contribution is -2.26. The van der Waals surface area contributed by atoms with Gasteiger partial charge in [-0.3, -0.25) is 0 Å². The SMILES string of the molecule is CCC1CCC(Nc2cc(C(F)(F)F)cc(Cl)n2)CC1. The molecule has 1 aliphatic rings. The van der Waals surface area contributed by atoms with Crippen LogP contribution in [0.25, 0.3) is 0 Å². The van der Waals surface area contributed by atoms with Gasteiger partial charge in [0.2, 0.25) is 0 Å². The summed E-state index contributed by atoms with van der Waals surface area (Å²) < 4.78 is 38.1. The van der Waals surface area contributed by atoms with E-state index >= 15 is 0 Å². The highest BCUT2D eigenvalue weighted by Gasteiger charge is 2.32. The summed E-state index contributed by atoms with van der Waals surface area (Å²) in [5.74, 6) is 0.955. The number of hydrogen-bond acceptors (Lipinski definition) is 2. The number of nitrogens with zero attached hydrogens (tertiary/aromatic N) is 1. The summed E-state index contributed by atoms with van der Waals surface area (Å²) in [6.45, 7) is 2.17. The maximum absolute atomic E-state index is 12.7. The molecular formula is C14H18ClF3N2. The van der Waals surface area contributed by atoms with Gasteiger partial charge < -0.3 is 5.32 Å². The van der Waals surface area contributed by atoms with Crippen molar-refractivity contribution in [3.8, 4) is 0 Å². The molecule has 0 saturated heterocycles. The van der Waals surface area contributed by atoms with Crippen LogP contribution in [0.1, 0.15) is 44.6 Å². The lowest BCUT2D eigenvalue weighted by Gasteiger charge is -2.29. The van der Waals surface area contributed by atoms with E-state index in [0.717, 1.165) is 43.7 Å². The highest BCUT2D eigenvalue weighted by atomic mass is 35.5. The minimum Gasteiger partial charge on any atom is -0.367 e. The van der Waals surface area contributed by atoms with Gasteiger partial charge in [0.15, 0.2) is 0 Å². The number of aromatic nitrogens is 1. The van der Waals surface area contributed by atoms with E-state index in [1.807, 2.05) is 0 Å². The Kier molecular flexibility index (Phi) is 4.78. The van der Waals surface area contributed by atoms with Gasteiger partial charge in [-0.05, 0) is 43.7 Å². The lowest BCUT2D eigenvalue weighted by atomic mass is 9.84. The molecule has 6 heteroatoms. The van der Waals surface area contributed by atoms with Crippen molar-refractivity contribution in [3.05, 3.63) is 22.8 Å². The standard InChI is InChI=1S/C14H18ClF3N2/c1-2-9-3-5-11(6-4-9)19-13-8-10(14(16,17)18)7-12(15)20-13/h7-9,11H,2-6H2,1H3,(H,19,20). The van der Waals surface area contributed by atoms with Crippen LogP contribution in [0.5, 0.6) is 0 Å². The van der Waals surface area contributed by atoms with E-state index in [1.54, 1.807) is 0 Å². The molecule has 2 nitrogen and oxygen atoms in total. The molecule has 0 spiro atoms. The molecule has 112 valence electrons. The third-order valence-electron chi connectivity index (χ3n) is 3.90. The van der Waals surface area contributed by atoms with E-state index in [0.29, 0.717) is 0 Å². The second-order valence-corrected chi connectivity index (χ2v) is 5.72. The van der Waals surface area contributed by atoms with Gasteiger partial charge in [0.1, 0.15) is 11.0 Å². The number of alkyl halides is 3. The van der Waals surface area contributed by atoms with Crippen LogP contribution in [0.4, 0.5) is 19.0 Å². The molecule has 20 heavy (non-hydrogen) atoms. The van der Waals surface area contributed by atoms with Crippen LogP contribution in [0.3, 0.4) is 0 Å². The first-order valence-corrected chi connectivity index (χ1v) is 7.27. The van der Waals surface area contributed by atoms with Crippen LogP contribution in [0.15, 0.2) is 12.1 Å². The number of pyridine rings is 1. The molecule has 1 aromatic rings. The zero-order valence-electron chi connectivity index (χ0n) is 11.3. The first-order chi connectivity index (χ1) is 9.38. The molecule has 0 unspecified atom stereocenters. The minimum absolute atomic E-state index is 0.135. The normalized spacial score (nSPS) is 23.6. The van der Waals surface area contributed by atoms with Crippen LogP contribution < -0.4 is 5.32 Å². The summed E-state index contributed by atoms with van der Waals surface area (Å²) in [5.41, 5.74) is -0.762. The highest BCUT2D eigenvalue weighted by molar-refractivity contribution is 6.29. The molecule has 1 aliphatic carbocycles. The Hall–Kier alpha value is -0.970. The Bertz CT molecular complexity index is 454. The second kappa shape index (κ2) is 6.20. The fourth-order valence-corrected chi connectivity index (χ4v) is 2.87. The molecule has 1 aromatic heterocycles. The number of rotatable bonds is 3. The van der Waals surface area contributed by atoms with E-state index in [1.165, 1.54) is 6.42 Å². The molecule has 1 N–H and O–H groups in total. The van der Waals surface area contributed by atoms with Gasteiger partial charge in [0, 0.05) is 6.04 Å². The number of halogens is 4. The minimum atomic E-state index is -4.40. The fraction of sp³-hybridized carbons (Fsp3) is 0.643. The zero-order valence-corrected chi connectivity index (χ0v) is 12.1. The molecule has 0 aliphatic heterocycles. The van der Waals surface area contributed by atoms with E-state index in [-0.39, 0.29) is 17.0 Å². The monoisotopic (exact) mass is 306 g/mol. The zero-order chi connectivity index (χ0) is 14.8. The maximum Gasteiger partial charge on any atom is 0.416 e. The third kappa shape index (κ3) is 4.01. The average Bonchev–Trinajstić information content (AvgIpc) is 2.38. The predicted octanol–water partition coefficient (Wildman–Crippen LogP) is 5.13. The topological polar surface area (TPSA) is 24.9 Å². The highest BCUT2D eigenvalue weighted by Crippen LogP contribution is 2.33. The number of anilines is 1. The van der Waals surface area contributed by atoms with Crippen LogP contribution in [0.2, 0.25) is 5.15 Å². The quantitative estimate of drug-likeness (QED) is 0.783. The molecule has 0 aromatic carbocycles. The van der Waals surface area contributed by atoms with Crippen molar-refractivity contribution in [1.29, 1.82) is 0 Å². The molecule has 1 heterocycles. The molecule has 1 fully saturated rings. The van der Waals surface area contributed by atoms with Gasteiger partial charge >= 0.3 is 6.18 Å². The fourth-order valence-electron chi connectivity index (χ4n) is 2.66. The van der Waals surface area contributed by atoms with Crippen molar-refractivity contribution in [2.75, 3.05) is 5.32 Å². The molecule has 0 radical (unpaired) electrons. The summed E-state index contributed by atoms with van der Waals surface area (Å²) in [5, 5.41) is 2.95. The summed E-state index contributed by atoms with van der Waals surface area (Å²) in [6.07, 6.45) is 0.924. The largest absolute Gasteiger partial charge is 0.416 e. The first kappa shape index (κ1) is 15.4. The van der Waals surface area contributed by atoms with Gasteiger partial charge in [-0.2, -0.15) is 13.2 Å². The Morgan fingerprint density at radius 3 is 2.45 bits per heavy atom. The van der Waals surface area contributed by atoms with Gasteiger partial charge in [-0.25, -0.2) is 4.98 Å². The molecule has 0 amide bonds. The first-order valence-electron chi connectivity index (χ1n) is 6.89. The number of nitrogens with one attached hydrogen (secondary N) is 1. The summed E-state index contributed by atoms with van der Waals surface area (Å²) >= 11 is 5.67. The van der Waals surface area contributed by atoms with Gasteiger partial charge in [-0.15, -0.1) is 0 Å². The van der Waals surface area contributed by atoms with Crippen molar-refractivity contribution < 1.29 is 13.2 Å². The second-order valence-electron chi connectivity index (χ2n) is 5.33. The van der Waals surface area contributed by atoms with Crippen LogP contribution >= 0.6 is 11.6 Å². The van der Waals surface area contributed by atoms with E-state index in [9.17, 15) is 13.2 Å². The van der Waals surface area contributed by atoms with E-state index < -0.39 is 11.7 Å². The van der Waals surface area contributed by atoms with Crippen molar-refractivity contribution >= 4 is 17.4 Å². The smallest absolute Gasteiger partial charge is 0.367 e. The third-order valence-corrected chi connectivity index (χ3v) is 4.09. The Morgan fingerprint density at radius 2 is 1.90 bits per heavy atom. The number of hydrogen-bond donors (Lipinski definition) is 1. The van der Waals surface area contributed by atoms with Crippen LogP contribution in [-0.4, -0.2) is 11.0 Å². The van der Waals surface area contributed by atoms with E-state index in [4.69, 9.17) is 11.6 Å². The summed E-state index contributed by atoms with van der Waals surface area (Å²) in [7, 11) is 0. The average molecular weight is 307 g/mol. The lowest BCUT2D eigenvalue weighted by molar-refractivity contribution is -0.137. The van der Waals surface area contributed by atoms with Crippen molar-refractivity contribution in [2.45, 2.75) is 51.2 Å². The molecular weight excluding hydrogens is 289 g/mol. The van der Waals surface area contributed by atoms with Crippen LogP contribution in [0, 0.1) is 5.92 Å². The molecule has 2 rings (SSSR count). The molecule has 0 bridgehead atoms. The molecule has 0 atom stereocenters. The van der Waals surface area contributed by atoms with Crippen molar-refractivity contribution in [1.82, 2.24) is 4.98 Å². The van der Waals surface area contributed by atoms with Crippen molar-refractivity contribution in [2.24, 2.45) is 5.92 Å². The van der Waals surface area contributed by atoms with Crippen molar-refractivity contribution in [3.63, 3.8) is 0 Å². The summed E-state index contributed by atoms with van der Waals surface area (Å²) in [6, 6.07) is 2.06. The van der Waals surface area contributed by atoms with Gasteiger partial charge in [0.05, 0.1) is 5.56 Å². The van der Waals surface area contributed by atoms with Gasteiger partial charge in [0.25, 0.3) is 0 Å². The van der Waals surface area contributed by atoms with Crippen LogP contribution in [-0.2, 0) is 6.18 Å². The maximum atomic E-state index is 12.7. The Balaban J connectivity index is 2.05. The van der Waals surface area contributed by atoms with E-state index in [2.05, 4.69) is 17.2 Å². The summed E-state index contributed by atoms with van der Waals surface area (Å²) in [4.78, 5) is 3.93. The Morgan fingerprint density at radius 1 is 1.25 bits per heavy atom.